The lowest BCUT2D eigenvalue weighted by Gasteiger charge is -2.18. The number of nitrogens with one attached hydrogen (secondary N) is 2. The minimum absolute atomic E-state index is 0.0462. The smallest absolute Gasteiger partial charge is 0.348 e. The summed E-state index contributed by atoms with van der Waals surface area (Å²) in [4.78, 5) is 24.8. The molecule has 1 aliphatic rings. The van der Waals surface area contributed by atoms with Crippen molar-refractivity contribution in [3.63, 3.8) is 0 Å². The Morgan fingerprint density at radius 2 is 1.66 bits per heavy atom. The molecule has 1 saturated carbocycles. The first kappa shape index (κ1) is 27.8. The summed E-state index contributed by atoms with van der Waals surface area (Å²) in [5.41, 5.74) is -0.627. The Balaban J connectivity index is 1.76. The minimum Gasteiger partial charge on any atom is -0.348 e. The van der Waals surface area contributed by atoms with Crippen LogP contribution in [0.5, 0.6) is 0 Å². The van der Waals surface area contributed by atoms with E-state index >= 15 is 0 Å². The molecule has 2 N–H and O–H groups in total. The first-order chi connectivity index (χ1) is 16.3. The fourth-order valence-electron chi connectivity index (χ4n) is 3.35. The Kier molecular flexibility index (Phi) is 8.80. The van der Waals surface area contributed by atoms with Gasteiger partial charge in [0.05, 0.1) is 18.0 Å². The number of alkyl halides is 5. The van der Waals surface area contributed by atoms with E-state index < -0.39 is 42.4 Å². The van der Waals surface area contributed by atoms with E-state index in [1.54, 1.807) is 6.07 Å². The van der Waals surface area contributed by atoms with Gasteiger partial charge in [0.25, 0.3) is 12.3 Å². The standard InChI is InChI=1S/C23H18Br3F5N2O2/c24-14-8-13(9-15(25)10-14)17(23(29,30)31)4-2-12-1-3-16(18(26)7-12)20(34)33-22(5-6-22)21(35)32-11-19(27)28/h1-4,7-10,17,19H,5-6,11H2,(H,32,35)(H,33,34)/b4-2+. The maximum Gasteiger partial charge on any atom is 0.399 e. The highest BCUT2D eigenvalue weighted by Gasteiger charge is 2.51. The molecule has 3 rings (SSSR count). The van der Waals surface area contributed by atoms with Crippen LogP contribution in [-0.4, -0.2) is 36.5 Å². The topological polar surface area (TPSA) is 58.2 Å². The molecule has 188 valence electrons. The zero-order valence-corrected chi connectivity index (χ0v) is 22.5. The normalized spacial score (nSPS) is 15.8. The van der Waals surface area contributed by atoms with E-state index in [1.165, 1.54) is 36.4 Å². The Labute approximate surface area is 223 Å². The average Bonchev–Trinajstić information content (AvgIpc) is 3.51. The monoisotopic (exact) mass is 686 g/mol. The fraction of sp³-hybridized carbons (Fsp3) is 0.304. The number of amides is 2. The first-order valence-electron chi connectivity index (χ1n) is 10.2. The second-order valence-electron chi connectivity index (χ2n) is 7.96. The fourth-order valence-corrected chi connectivity index (χ4v) is 5.25. The maximum absolute atomic E-state index is 13.7. The molecule has 1 fully saturated rings. The van der Waals surface area contributed by atoms with Gasteiger partial charge in [-0.2, -0.15) is 13.2 Å². The summed E-state index contributed by atoms with van der Waals surface area (Å²) >= 11 is 9.64. The van der Waals surface area contributed by atoms with E-state index in [9.17, 15) is 31.5 Å². The Morgan fingerprint density at radius 3 is 2.17 bits per heavy atom. The third-order valence-corrected chi connectivity index (χ3v) is 6.84. The van der Waals surface area contributed by atoms with Gasteiger partial charge in [0.2, 0.25) is 5.91 Å². The van der Waals surface area contributed by atoms with E-state index in [0.29, 0.717) is 31.8 Å². The quantitative estimate of drug-likeness (QED) is 0.294. The lowest BCUT2D eigenvalue weighted by Crippen LogP contribution is -2.50. The number of hydrogen-bond donors (Lipinski definition) is 2. The lowest BCUT2D eigenvalue weighted by atomic mass is 9.97. The molecular weight excluding hydrogens is 671 g/mol. The van der Waals surface area contributed by atoms with Crippen molar-refractivity contribution in [1.82, 2.24) is 10.6 Å². The van der Waals surface area contributed by atoms with Crippen LogP contribution in [0.2, 0.25) is 0 Å². The predicted octanol–water partition coefficient (Wildman–Crippen LogP) is 6.98. The van der Waals surface area contributed by atoms with Gasteiger partial charge in [-0.1, -0.05) is 50.1 Å². The number of carbonyl (C=O) groups excluding carboxylic acids is 2. The third kappa shape index (κ3) is 7.36. The molecule has 0 aliphatic heterocycles. The zero-order valence-electron chi connectivity index (χ0n) is 17.7. The van der Waals surface area contributed by atoms with Crippen LogP contribution in [0.15, 0.2) is 55.9 Å². The molecule has 1 unspecified atom stereocenters. The molecule has 1 atom stereocenters. The SMILES string of the molecule is O=C(NC1(C(=O)NCC(F)F)CC1)c1ccc(/C=C/C(c2cc(Br)cc(Br)c2)C(F)(F)F)cc1Br. The van der Waals surface area contributed by atoms with Crippen LogP contribution < -0.4 is 10.6 Å². The number of carbonyl (C=O) groups is 2. The van der Waals surface area contributed by atoms with Crippen molar-refractivity contribution in [3.05, 3.63) is 72.6 Å². The Morgan fingerprint density at radius 1 is 1.03 bits per heavy atom. The van der Waals surface area contributed by atoms with Crippen molar-refractivity contribution in [2.45, 2.75) is 36.9 Å². The predicted molar refractivity (Wildman–Crippen MR) is 132 cm³/mol. The van der Waals surface area contributed by atoms with Crippen molar-refractivity contribution in [1.29, 1.82) is 0 Å². The van der Waals surface area contributed by atoms with E-state index in [-0.39, 0.29) is 11.1 Å². The van der Waals surface area contributed by atoms with Crippen LogP contribution in [0.25, 0.3) is 6.08 Å². The van der Waals surface area contributed by atoms with Crippen LogP contribution >= 0.6 is 47.8 Å². The molecule has 0 bridgehead atoms. The number of rotatable bonds is 8. The molecule has 35 heavy (non-hydrogen) atoms. The minimum atomic E-state index is -4.53. The molecule has 12 heteroatoms. The van der Waals surface area contributed by atoms with Crippen molar-refractivity contribution < 1.29 is 31.5 Å². The molecule has 0 aromatic heterocycles. The van der Waals surface area contributed by atoms with Gasteiger partial charge in [0, 0.05) is 13.4 Å². The molecule has 0 radical (unpaired) electrons. The van der Waals surface area contributed by atoms with Crippen molar-refractivity contribution >= 4 is 65.7 Å². The average molecular weight is 689 g/mol. The molecule has 0 heterocycles. The second kappa shape index (κ2) is 11.1. The Hall–Kier alpha value is -1.79. The van der Waals surface area contributed by atoms with Gasteiger partial charge < -0.3 is 10.6 Å². The summed E-state index contributed by atoms with van der Waals surface area (Å²) in [5.74, 6) is -3.15. The molecular formula is C23H18Br3F5N2O2. The number of halogens is 8. The highest BCUT2D eigenvalue weighted by molar-refractivity contribution is 9.11. The van der Waals surface area contributed by atoms with Crippen LogP contribution in [0.4, 0.5) is 22.0 Å². The van der Waals surface area contributed by atoms with Gasteiger partial charge in [-0.05, 0) is 70.2 Å². The molecule has 2 aromatic rings. The van der Waals surface area contributed by atoms with Crippen molar-refractivity contribution in [2.24, 2.45) is 0 Å². The maximum atomic E-state index is 13.7. The number of hydrogen-bond acceptors (Lipinski definition) is 2. The third-order valence-electron chi connectivity index (χ3n) is 5.27. The van der Waals surface area contributed by atoms with Crippen LogP contribution in [0, 0.1) is 0 Å². The van der Waals surface area contributed by atoms with Crippen molar-refractivity contribution in [3.8, 4) is 0 Å². The molecule has 0 saturated heterocycles. The number of benzene rings is 2. The summed E-state index contributed by atoms with van der Waals surface area (Å²) in [6, 6.07) is 8.77. The molecule has 4 nitrogen and oxygen atoms in total. The summed E-state index contributed by atoms with van der Waals surface area (Å²) < 4.78 is 67.2. The van der Waals surface area contributed by atoms with Crippen LogP contribution in [0.1, 0.15) is 40.2 Å². The lowest BCUT2D eigenvalue weighted by molar-refractivity contribution is -0.139. The van der Waals surface area contributed by atoms with E-state index in [1.807, 2.05) is 0 Å². The van der Waals surface area contributed by atoms with E-state index in [2.05, 4.69) is 58.4 Å². The van der Waals surface area contributed by atoms with Crippen molar-refractivity contribution in [2.75, 3.05) is 6.54 Å². The van der Waals surface area contributed by atoms with Gasteiger partial charge in [0.15, 0.2) is 0 Å². The summed E-state index contributed by atoms with van der Waals surface area (Å²) in [6.45, 7) is -0.809. The van der Waals surface area contributed by atoms with Gasteiger partial charge in [-0.25, -0.2) is 8.78 Å². The second-order valence-corrected chi connectivity index (χ2v) is 10.6. The largest absolute Gasteiger partial charge is 0.399 e. The molecule has 0 spiro atoms. The highest BCUT2D eigenvalue weighted by atomic mass is 79.9. The summed E-state index contributed by atoms with van der Waals surface area (Å²) in [5, 5.41) is 4.67. The molecule has 2 aromatic carbocycles. The first-order valence-corrected chi connectivity index (χ1v) is 12.6. The van der Waals surface area contributed by atoms with E-state index in [0.717, 1.165) is 6.08 Å². The highest BCUT2D eigenvalue weighted by Crippen LogP contribution is 2.39. The van der Waals surface area contributed by atoms with E-state index in [4.69, 9.17) is 0 Å². The van der Waals surface area contributed by atoms with Crippen LogP contribution in [-0.2, 0) is 4.79 Å². The zero-order chi connectivity index (χ0) is 26.0. The van der Waals surface area contributed by atoms with Gasteiger partial charge in [-0.15, -0.1) is 0 Å². The Bertz CT molecular complexity index is 1130. The molecule has 1 aliphatic carbocycles. The van der Waals surface area contributed by atoms with Gasteiger partial charge >= 0.3 is 6.18 Å². The number of allylic oxidation sites excluding steroid dienone is 1. The van der Waals surface area contributed by atoms with Gasteiger partial charge in [0.1, 0.15) is 5.54 Å². The summed E-state index contributed by atoms with van der Waals surface area (Å²) in [7, 11) is 0. The molecule has 2 amide bonds. The summed E-state index contributed by atoms with van der Waals surface area (Å²) in [6.07, 6.45) is -4.27. The van der Waals surface area contributed by atoms with Gasteiger partial charge in [-0.3, -0.25) is 9.59 Å². The van der Waals surface area contributed by atoms with Crippen LogP contribution in [0.3, 0.4) is 0 Å².